The van der Waals surface area contributed by atoms with Gasteiger partial charge in [-0.25, -0.2) is 13.4 Å². The van der Waals surface area contributed by atoms with Gasteiger partial charge in [-0.3, -0.25) is 14.6 Å². The Balaban J connectivity index is 1.44. The van der Waals surface area contributed by atoms with E-state index in [2.05, 4.69) is 4.90 Å². The molecule has 0 unspecified atom stereocenters. The molecule has 0 saturated carbocycles. The highest BCUT2D eigenvalue weighted by Gasteiger charge is 2.22. The van der Waals surface area contributed by atoms with Crippen LogP contribution in [0.3, 0.4) is 0 Å². The number of hydrogen-bond donors (Lipinski definition) is 0. The Kier molecular flexibility index (Phi) is 9.41. The lowest BCUT2D eigenvalue weighted by Gasteiger charge is -2.27. The summed E-state index contributed by atoms with van der Waals surface area (Å²) in [7, 11) is -1.98. The van der Waals surface area contributed by atoms with E-state index in [-0.39, 0.29) is 29.4 Å². The first-order valence-electron chi connectivity index (χ1n) is 12.3. The minimum absolute atomic E-state index is 0.110. The van der Waals surface area contributed by atoms with Crippen LogP contribution in [0, 0.1) is 6.92 Å². The zero-order valence-electron chi connectivity index (χ0n) is 21.1. The lowest BCUT2D eigenvalue weighted by atomic mass is 10.2. The molecule has 0 bridgehead atoms. The summed E-state index contributed by atoms with van der Waals surface area (Å²) in [4.78, 5) is 22.4. The number of halogens is 1. The molecule has 0 radical (unpaired) electrons. The molecule has 1 aliphatic heterocycles. The van der Waals surface area contributed by atoms with Crippen LogP contribution in [-0.2, 0) is 19.4 Å². The monoisotopic (exact) mass is 565 g/mol. The first-order valence-corrected chi connectivity index (χ1v) is 15.2. The summed E-state index contributed by atoms with van der Waals surface area (Å²) in [6.07, 6.45) is 1.12. The number of aromatic nitrogens is 1. The van der Waals surface area contributed by atoms with Crippen molar-refractivity contribution < 1.29 is 22.7 Å². The van der Waals surface area contributed by atoms with E-state index in [4.69, 9.17) is 26.1 Å². The van der Waals surface area contributed by atoms with Gasteiger partial charge in [-0.15, -0.1) is 0 Å². The van der Waals surface area contributed by atoms with Crippen LogP contribution in [0.1, 0.15) is 24.8 Å². The number of hydrogen-bond acceptors (Lipinski definition) is 8. The maximum atomic E-state index is 13.4. The fourth-order valence-corrected chi connectivity index (χ4v) is 7.09. The van der Waals surface area contributed by atoms with Gasteiger partial charge in [0.2, 0.25) is 5.91 Å². The van der Waals surface area contributed by atoms with E-state index in [1.54, 1.807) is 17.0 Å². The molecule has 0 aliphatic carbocycles. The predicted octanol–water partition coefficient (Wildman–Crippen LogP) is 4.58. The minimum atomic E-state index is -3.51. The van der Waals surface area contributed by atoms with Crippen molar-refractivity contribution >= 4 is 54.0 Å². The number of fused-ring (bicyclic) bond motifs is 1. The second-order valence-electron chi connectivity index (χ2n) is 9.02. The second-order valence-corrected chi connectivity index (χ2v) is 12.6. The molecule has 8 nitrogen and oxygen atoms in total. The zero-order chi connectivity index (χ0) is 26.4. The number of nitrogens with zero attached hydrogens (tertiary/aromatic N) is 3. The third-order valence-corrected chi connectivity index (χ3v) is 9.41. The molecule has 1 aromatic heterocycles. The maximum absolute atomic E-state index is 13.4. The Morgan fingerprint density at radius 2 is 1.92 bits per heavy atom. The Morgan fingerprint density at radius 3 is 2.62 bits per heavy atom. The smallest absolute Gasteiger partial charge is 0.228 e. The molecule has 4 rings (SSSR count). The Hall–Kier alpha value is -2.24. The molecule has 1 amide bonds. The third-order valence-electron chi connectivity index (χ3n) is 6.35. The topological polar surface area (TPSA) is 89.0 Å². The van der Waals surface area contributed by atoms with Crippen LogP contribution in [0.25, 0.3) is 10.2 Å². The summed E-state index contributed by atoms with van der Waals surface area (Å²) in [5.41, 5.74) is 1.79. The molecule has 200 valence electrons. The zero-order valence-corrected chi connectivity index (χ0v) is 23.5. The van der Waals surface area contributed by atoms with Crippen LogP contribution < -0.4 is 9.64 Å². The SMILES string of the molecule is COc1ccc(S(=O)(=O)CCCC(=O)N(CCCN2CCOCC2)c2nc3c(C)cc(Cl)cc3s2)cc1. The summed E-state index contributed by atoms with van der Waals surface area (Å²) in [6.45, 7) is 6.54. The van der Waals surface area contributed by atoms with Crippen molar-refractivity contribution in [2.45, 2.75) is 31.1 Å². The largest absolute Gasteiger partial charge is 0.497 e. The molecular formula is C26H32ClN3O5S2. The van der Waals surface area contributed by atoms with Crippen LogP contribution in [-0.4, -0.2) is 76.5 Å². The number of anilines is 1. The van der Waals surface area contributed by atoms with Crippen LogP contribution >= 0.6 is 22.9 Å². The highest BCUT2D eigenvalue weighted by atomic mass is 35.5. The first-order chi connectivity index (χ1) is 17.8. The van der Waals surface area contributed by atoms with Gasteiger partial charge in [0.25, 0.3) is 0 Å². The van der Waals surface area contributed by atoms with E-state index in [0.29, 0.717) is 22.4 Å². The summed E-state index contributed by atoms with van der Waals surface area (Å²) < 4.78 is 37.0. The van der Waals surface area contributed by atoms with Crippen LogP contribution in [0.15, 0.2) is 41.3 Å². The standard InChI is InChI=1S/C26H32ClN3O5S2/c1-19-17-20(27)18-23-25(19)28-26(36-23)30(11-4-10-29-12-14-35-15-13-29)24(31)5-3-16-37(32,33)22-8-6-21(34-2)7-9-22/h6-9,17-18H,3-5,10-16H2,1-2H3. The lowest BCUT2D eigenvalue weighted by molar-refractivity contribution is -0.118. The van der Waals surface area contributed by atoms with Gasteiger partial charge in [-0.1, -0.05) is 22.9 Å². The molecule has 0 spiro atoms. The quantitative estimate of drug-likeness (QED) is 0.336. The van der Waals surface area contributed by atoms with Crippen molar-refractivity contribution in [1.29, 1.82) is 0 Å². The molecule has 0 N–H and O–H groups in total. The van der Waals surface area contributed by atoms with Gasteiger partial charge >= 0.3 is 0 Å². The number of morpholine rings is 1. The average molecular weight is 566 g/mol. The highest BCUT2D eigenvalue weighted by molar-refractivity contribution is 7.91. The fraction of sp³-hybridized carbons (Fsp3) is 0.462. The minimum Gasteiger partial charge on any atom is -0.497 e. The summed E-state index contributed by atoms with van der Waals surface area (Å²) in [5, 5.41) is 1.25. The number of amides is 1. The van der Waals surface area contributed by atoms with Gasteiger partial charge in [0, 0.05) is 37.6 Å². The number of carbonyl (C=O) groups is 1. The molecule has 3 aromatic rings. The van der Waals surface area contributed by atoms with Gasteiger partial charge in [-0.05, 0) is 61.7 Å². The maximum Gasteiger partial charge on any atom is 0.228 e. The molecule has 1 fully saturated rings. The van der Waals surface area contributed by atoms with E-state index < -0.39 is 9.84 Å². The van der Waals surface area contributed by atoms with Crippen LogP contribution in [0.4, 0.5) is 5.13 Å². The molecule has 2 aromatic carbocycles. The van der Waals surface area contributed by atoms with Crippen molar-refractivity contribution in [3.63, 3.8) is 0 Å². The number of methoxy groups -OCH3 is 1. The van der Waals surface area contributed by atoms with Crippen molar-refractivity contribution in [2.75, 3.05) is 57.2 Å². The van der Waals surface area contributed by atoms with Gasteiger partial charge in [0.05, 0.1) is 41.2 Å². The second kappa shape index (κ2) is 12.5. The van der Waals surface area contributed by atoms with Gasteiger partial charge in [0.15, 0.2) is 15.0 Å². The van der Waals surface area contributed by atoms with Crippen LogP contribution in [0.2, 0.25) is 5.02 Å². The average Bonchev–Trinajstić information content (AvgIpc) is 3.31. The normalized spacial score (nSPS) is 14.7. The Bertz CT molecular complexity index is 1320. The van der Waals surface area contributed by atoms with Gasteiger partial charge in [-0.2, -0.15) is 0 Å². The Labute approximate surface area is 227 Å². The molecule has 11 heteroatoms. The van der Waals surface area contributed by atoms with E-state index in [9.17, 15) is 13.2 Å². The first kappa shape index (κ1) is 27.8. The van der Waals surface area contributed by atoms with Crippen molar-refractivity contribution in [3.05, 3.63) is 47.0 Å². The molecular weight excluding hydrogens is 534 g/mol. The van der Waals surface area contributed by atoms with E-state index in [1.807, 2.05) is 19.1 Å². The number of thiazole rings is 1. The van der Waals surface area contributed by atoms with Crippen molar-refractivity contribution in [2.24, 2.45) is 0 Å². The summed E-state index contributed by atoms with van der Waals surface area (Å²) >= 11 is 7.68. The van der Waals surface area contributed by atoms with E-state index in [0.717, 1.165) is 55.0 Å². The summed E-state index contributed by atoms with van der Waals surface area (Å²) in [5.74, 6) is 0.352. The molecule has 0 atom stereocenters. The number of carbonyl (C=O) groups excluding carboxylic acids is 1. The number of aryl methyl sites for hydroxylation is 1. The van der Waals surface area contributed by atoms with Gasteiger partial charge in [0.1, 0.15) is 5.75 Å². The van der Waals surface area contributed by atoms with Crippen molar-refractivity contribution in [3.8, 4) is 5.75 Å². The van der Waals surface area contributed by atoms with E-state index >= 15 is 0 Å². The predicted molar refractivity (Wildman–Crippen MR) is 148 cm³/mol. The molecule has 2 heterocycles. The number of ether oxygens (including phenoxy) is 2. The molecule has 1 saturated heterocycles. The Morgan fingerprint density at radius 1 is 1.19 bits per heavy atom. The molecule has 1 aliphatic rings. The fourth-order valence-electron chi connectivity index (χ4n) is 4.31. The number of benzene rings is 2. The summed E-state index contributed by atoms with van der Waals surface area (Å²) in [6, 6.07) is 10.0. The number of rotatable bonds is 11. The highest BCUT2D eigenvalue weighted by Crippen LogP contribution is 2.33. The third kappa shape index (κ3) is 7.20. The number of sulfone groups is 1. The van der Waals surface area contributed by atoms with E-state index in [1.165, 1.54) is 30.6 Å². The lowest BCUT2D eigenvalue weighted by Crippen LogP contribution is -2.39. The van der Waals surface area contributed by atoms with Crippen molar-refractivity contribution in [1.82, 2.24) is 9.88 Å². The van der Waals surface area contributed by atoms with Crippen LogP contribution in [0.5, 0.6) is 5.75 Å². The van der Waals surface area contributed by atoms with Gasteiger partial charge < -0.3 is 9.47 Å². The molecule has 37 heavy (non-hydrogen) atoms.